The molecule has 2 unspecified atom stereocenters. The Bertz CT molecular complexity index is 317. The number of rotatable bonds is 3. The fourth-order valence-corrected chi connectivity index (χ4v) is 1.44. The molecule has 1 nitrogen and oxygen atoms in total. The Morgan fingerprint density at radius 3 is 2.50 bits per heavy atom. The summed E-state index contributed by atoms with van der Waals surface area (Å²) in [5.74, 6) is -0.216. The van der Waals surface area contributed by atoms with E-state index in [-0.39, 0.29) is 5.92 Å². The van der Waals surface area contributed by atoms with Gasteiger partial charge in [0.05, 0.1) is 10.0 Å². The Kier molecular flexibility index (Phi) is 4.17. The van der Waals surface area contributed by atoms with Crippen molar-refractivity contribution in [1.82, 2.24) is 0 Å². The third-order valence-electron chi connectivity index (χ3n) is 2.13. The molecule has 1 aromatic rings. The molecule has 1 rings (SSSR count). The van der Waals surface area contributed by atoms with Crippen molar-refractivity contribution in [3.63, 3.8) is 0 Å². The quantitative estimate of drug-likeness (QED) is 0.852. The van der Waals surface area contributed by atoms with Gasteiger partial charge in [-0.1, -0.05) is 36.2 Å². The van der Waals surface area contributed by atoms with Crippen molar-refractivity contribution in [3.8, 4) is 0 Å². The van der Waals surface area contributed by atoms with E-state index in [2.05, 4.69) is 0 Å². The lowest BCUT2D eigenvalue weighted by Gasteiger charge is -2.15. The zero-order valence-electron chi connectivity index (χ0n) is 7.81. The van der Waals surface area contributed by atoms with Crippen LogP contribution in [0.2, 0.25) is 10.0 Å². The molecule has 0 heterocycles. The summed E-state index contributed by atoms with van der Waals surface area (Å²) in [5.41, 5.74) is 5.90. The van der Waals surface area contributed by atoms with E-state index >= 15 is 0 Å². The van der Waals surface area contributed by atoms with Gasteiger partial charge in [0.2, 0.25) is 0 Å². The van der Waals surface area contributed by atoms with E-state index in [0.717, 1.165) is 0 Å². The molecule has 4 heteroatoms. The normalized spacial score (nSPS) is 15.2. The number of halogens is 3. The van der Waals surface area contributed by atoms with Gasteiger partial charge in [-0.3, -0.25) is 0 Å². The maximum atomic E-state index is 13.7. The van der Waals surface area contributed by atoms with Crippen LogP contribution in [-0.4, -0.2) is 6.54 Å². The van der Waals surface area contributed by atoms with Gasteiger partial charge in [-0.05, 0) is 24.2 Å². The van der Waals surface area contributed by atoms with Gasteiger partial charge in [0.15, 0.2) is 0 Å². The third kappa shape index (κ3) is 2.59. The van der Waals surface area contributed by atoms with E-state index < -0.39 is 6.17 Å². The topological polar surface area (TPSA) is 26.0 Å². The van der Waals surface area contributed by atoms with Crippen molar-refractivity contribution in [2.75, 3.05) is 6.54 Å². The molecule has 0 radical (unpaired) electrons. The van der Waals surface area contributed by atoms with E-state index in [1.807, 2.05) is 0 Å². The lowest BCUT2D eigenvalue weighted by Crippen LogP contribution is -2.16. The summed E-state index contributed by atoms with van der Waals surface area (Å²) in [6.45, 7) is 2.06. The minimum absolute atomic E-state index is 0.216. The van der Waals surface area contributed by atoms with Crippen molar-refractivity contribution in [1.29, 1.82) is 0 Å². The standard InChI is InChI=1S/C10H12Cl2FN/c1-6(5-14)10(13)7-2-3-8(11)9(12)4-7/h2-4,6,10H,5,14H2,1H3. The van der Waals surface area contributed by atoms with Crippen LogP contribution in [0.1, 0.15) is 18.7 Å². The summed E-state index contributed by atoms with van der Waals surface area (Å²) in [6, 6.07) is 4.76. The second-order valence-corrected chi connectivity index (χ2v) is 4.10. The maximum absolute atomic E-state index is 13.7. The van der Waals surface area contributed by atoms with Crippen LogP contribution in [0, 0.1) is 5.92 Å². The second kappa shape index (κ2) is 4.96. The molecule has 0 spiro atoms. The molecule has 0 saturated heterocycles. The molecule has 14 heavy (non-hydrogen) atoms. The first-order valence-corrected chi connectivity index (χ1v) is 5.11. The number of alkyl halides is 1. The smallest absolute Gasteiger partial charge is 0.129 e. The third-order valence-corrected chi connectivity index (χ3v) is 2.87. The first-order chi connectivity index (χ1) is 6.56. The highest BCUT2D eigenvalue weighted by Gasteiger charge is 2.17. The molecule has 0 aliphatic rings. The molecular formula is C10H12Cl2FN. The van der Waals surface area contributed by atoms with Gasteiger partial charge in [0.25, 0.3) is 0 Å². The lowest BCUT2D eigenvalue weighted by atomic mass is 9.99. The van der Waals surface area contributed by atoms with E-state index in [0.29, 0.717) is 22.2 Å². The van der Waals surface area contributed by atoms with Gasteiger partial charge < -0.3 is 5.73 Å². The van der Waals surface area contributed by atoms with Crippen LogP contribution in [0.15, 0.2) is 18.2 Å². The summed E-state index contributed by atoms with van der Waals surface area (Å²) < 4.78 is 13.7. The number of benzene rings is 1. The summed E-state index contributed by atoms with van der Waals surface area (Å²) in [4.78, 5) is 0. The van der Waals surface area contributed by atoms with Crippen molar-refractivity contribution >= 4 is 23.2 Å². The van der Waals surface area contributed by atoms with Gasteiger partial charge in [-0.25, -0.2) is 4.39 Å². The van der Waals surface area contributed by atoms with Crippen LogP contribution in [0.3, 0.4) is 0 Å². The minimum atomic E-state index is -1.09. The summed E-state index contributed by atoms with van der Waals surface area (Å²) in [7, 11) is 0. The number of nitrogens with two attached hydrogens (primary N) is 1. The van der Waals surface area contributed by atoms with Crippen LogP contribution in [0.5, 0.6) is 0 Å². The number of hydrogen-bond acceptors (Lipinski definition) is 1. The first-order valence-electron chi connectivity index (χ1n) is 4.35. The molecule has 2 atom stereocenters. The SMILES string of the molecule is CC(CN)C(F)c1ccc(Cl)c(Cl)c1. The zero-order valence-corrected chi connectivity index (χ0v) is 9.32. The predicted molar refractivity (Wildman–Crippen MR) is 58.5 cm³/mol. The fourth-order valence-electron chi connectivity index (χ4n) is 1.13. The highest BCUT2D eigenvalue weighted by atomic mass is 35.5. The Hall–Kier alpha value is -0.310. The monoisotopic (exact) mass is 235 g/mol. The van der Waals surface area contributed by atoms with Gasteiger partial charge in [0, 0.05) is 5.92 Å². The van der Waals surface area contributed by atoms with E-state index in [9.17, 15) is 4.39 Å². The van der Waals surface area contributed by atoms with Crippen LogP contribution in [0.4, 0.5) is 4.39 Å². The lowest BCUT2D eigenvalue weighted by molar-refractivity contribution is 0.252. The van der Waals surface area contributed by atoms with E-state index in [1.165, 1.54) is 0 Å². The molecule has 0 fully saturated rings. The van der Waals surface area contributed by atoms with Crippen LogP contribution >= 0.6 is 23.2 Å². The average molecular weight is 236 g/mol. The van der Waals surface area contributed by atoms with Crippen molar-refractivity contribution in [2.24, 2.45) is 11.7 Å². The summed E-state index contributed by atoms with van der Waals surface area (Å²) in [5, 5.41) is 0.805. The summed E-state index contributed by atoms with van der Waals surface area (Å²) in [6.07, 6.45) is -1.09. The largest absolute Gasteiger partial charge is 0.330 e. The molecule has 0 aromatic heterocycles. The molecule has 0 aliphatic carbocycles. The van der Waals surface area contributed by atoms with Gasteiger partial charge in [-0.15, -0.1) is 0 Å². The zero-order chi connectivity index (χ0) is 10.7. The Morgan fingerprint density at radius 1 is 1.36 bits per heavy atom. The van der Waals surface area contributed by atoms with E-state index in [1.54, 1.807) is 25.1 Å². The highest BCUT2D eigenvalue weighted by Crippen LogP contribution is 2.30. The highest BCUT2D eigenvalue weighted by molar-refractivity contribution is 6.42. The average Bonchev–Trinajstić information content (AvgIpc) is 2.20. The van der Waals surface area contributed by atoms with E-state index in [4.69, 9.17) is 28.9 Å². The van der Waals surface area contributed by atoms with Crippen LogP contribution in [0.25, 0.3) is 0 Å². The van der Waals surface area contributed by atoms with Crippen molar-refractivity contribution in [2.45, 2.75) is 13.1 Å². The predicted octanol–water partition coefficient (Wildman–Crippen LogP) is 3.60. The number of hydrogen-bond donors (Lipinski definition) is 1. The second-order valence-electron chi connectivity index (χ2n) is 3.29. The van der Waals surface area contributed by atoms with Crippen LogP contribution in [-0.2, 0) is 0 Å². The van der Waals surface area contributed by atoms with Crippen LogP contribution < -0.4 is 5.73 Å². The maximum Gasteiger partial charge on any atom is 0.129 e. The molecule has 0 saturated carbocycles. The Balaban J connectivity index is 2.91. The first kappa shape index (κ1) is 11.8. The molecule has 2 N–H and O–H groups in total. The van der Waals surface area contributed by atoms with Crippen molar-refractivity contribution < 1.29 is 4.39 Å². The van der Waals surface area contributed by atoms with Gasteiger partial charge in [0.1, 0.15) is 6.17 Å². The minimum Gasteiger partial charge on any atom is -0.330 e. The van der Waals surface area contributed by atoms with Gasteiger partial charge >= 0.3 is 0 Å². The molecular weight excluding hydrogens is 224 g/mol. The molecule has 78 valence electrons. The Morgan fingerprint density at radius 2 is 2.00 bits per heavy atom. The van der Waals surface area contributed by atoms with Gasteiger partial charge in [-0.2, -0.15) is 0 Å². The molecule has 0 bridgehead atoms. The molecule has 0 amide bonds. The van der Waals surface area contributed by atoms with Crippen molar-refractivity contribution in [3.05, 3.63) is 33.8 Å². The molecule has 0 aliphatic heterocycles. The summed E-state index contributed by atoms with van der Waals surface area (Å²) >= 11 is 11.5. The Labute approximate surface area is 93.0 Å². The fraction of sp³-hybridized carbons (Fsp3) is 0.400. The molecule has 1 aromatic carbocycles.